The minimum absolute atomic E-state index is 0.405. The van der Waals surface area contributed by atoms with E-state index in [9.17, 15) is 0 Å². The van der Waals surface area contributed by atoms with Gasteiger partial charge in [0.05, 0.1) is 5.52 Å². The van der Waals surface area contributed by atoms with E-state index in [1.165, 1.54) is 17.4 Å². The minimum atomic E-state index is 0.405. The molecule has 2 heteroatoms. The van der Waals surface area contributed by atoms with Crippen molar-refractivity contribution in [1.82, 2.24) is 10.3 Å². The van der Waals surface area contributed by atoms with E-state index in [2.05, 4.69) is 48.1 Å². The van der Waals surface area contributed by atoms with Crippen LogP contribution in [-0.2, 0) is 0 Å². The van der Waals surface area contributed by atoms with Gasteiger partial charge in [-0.15, -0.1) is 6.58 Å². The fourth-order valence-electron chi connectivity index (χ4n) is 2.57. The Morgan fingerprint density at radius 2 is 2.15 bits per heavy atom. The number of rotatable bonds is 8. The van der Waals surface area contributed by atoms with E-state index in [4.69, 9.17) is 0 Å². The third kappa shape index (κ3) is 3.67. The highest BCUT2D eigenvalue weighted by atomic mass is 14.9. The number of hydrogen-bond donors (Lipinski definition) is 1. The first-order valence-corrected chi connectivity index (χ1v) is 7.54. The minimum Gasteiger partial charge on any atom is -0.310 e. The van der Waals surface area contributed by atoms with Crippen LogP contribution in [0.15, 0.2) is 49.2 Å². The van der Waals surface area contributed by atoms with Crippen LogP contribution < -0.4 is 5.32 Å². The zero-order valence-electron chi connectivity index (χ0n) is 12.3. The molecule has 0 aliphatic carbocycles. The van der Waals surface area contributed by atoms with Gasteiger partial charge in [-0.1, -0.05) is 31.2 Å². The SMILES string of the molecule is C=CCCCC(NCCC)c1ccnc2ccccc12. The highest BCUT2D eigenvalue weighted by molar-refractivity contribution is 5.82. The van der Waals surface area contributed by atoms with E-state index in [1.54, 1.807) is 0 Å². The van der Waals surface area contributed by atoms with Crippen molar-refractivity contribution in [3.05, 3.63) is 54.7 Å². The van der Waals surface area contributed by atoms with Gasteiger partial charge in [-0.05, 0) is 49.9 Å². The van der Waals surface area contributed by atoms with Gasteiger partial charge in [0, 0.05) is 17.6 Å². The lowest BCUT2D eigenvalue weighted by Gasteiger charge is -2.20. The summed E-state index contributed by atoms with van der Waals surface area (Å²) in [7, 11) is 0. The summed E-state index contributed by atoms with van der Waals surface area (Å²) in [5.74, 6) is 0. The monoisotopic (exact) mass is 268 g/mol. The lowest BCUT2D eigenvalue weighted by Crippen LogP contribution is -2.22. The summed E-state index contributed by atoms with van der Waals surface area (Å²) < 4.78 is 0. The molecule has 2 rings (SSSR count). The van der Waals surface area contributed by atoms with Crippen molar-refractivity contribution in [3.63, 3.8) is 0 Å². The Hall–Kier alpha value is -1.67. The second-order valence-corrected chi connectivity index (χ2v) is 5.14. The van der Waals surface area contributed by atoms with Crippen molar-refractivity contribution >= 4 is 10.9 Å². The summed E-state index contributed by atoms with van der Waals surface area (Å²) in [6.07, 6.45) is 8.46. The predicted molar refractivity (Wildman–Crippen MR) is 86.8 cm³/mol. The molecule has 0 radical (unpaired) electrons. The third-order valence-electron chi connectivity index (χ3n) is 3.60. The summed E-state index contributed by atoms with van der Waals surface area (Å²) in [6, 6.07) is 11.0. The van der Waals surface area contributed by atoms with E-state index < -0.39 is 0 Å². The van der Waals surface area contributed by atoms with Crippen molar-refractivity contribution in [3.8, 4) is 0 Å². The fraction of sp³-hybridized carbons (Fsp3) is 0.389. The number of benzene rings is 1. The summed E-state index contributed by atoms with van der Waals surface area (Å²) in [4.78, 5) is 4.46. The number of allylic oxidation sites excluding steroid dienone is 1. The molecule has 0 aliphatic heterocycles. The van der Waals surface area contributed by atoms with Crippen LogP contribution in [0.2, 0.25) is 0 Å². The van der Waals surface area contributed by atoms with E-state index in [-0.39, 0.29) is 0 Å². The maximum atomic E-state index is 4.46. The molecule has 1 N–H and O–H groups in total. The Balaban J connectivity index is 2.26. The number of unbranched alkanes of at least 4 members (excludes halogenated alkanes) is 1. The molecule has 1 unspecified atom stereocenters. The Kier molecular flexibility index (Phi) is 5.75. The third-order valence-corrected chi connectivity index (χ3v) is 3.60. The first kappa shape index (κ1) is 14.7. The normalized spacial score (nSPS) is 12.4. The van der Waals surface area contributed by atoms with Gasteiger partial charge in [0.1, 0.15) is 0 Å². The van der Waals surface area contributed by atoms with Crippen LogP contribution in [0.3, 0.4) is 0 Å². The molecule has 0 saturated heterocycles. The fourth-order valence-corrected chi connectivity index (χ4v) is 2.57. The topological polar surface area (TPSA) is 24.9 Å². The molecule has 0 bridgehead atoms. The summed E-state index contributed by atoms with van der Waals surface area (Å²) in [5, 5.41) is 4.94. The molecular formula is C18H24N2. The van der Waals surface area contributed by atoms with Gasteiger partial charge in [-0.25, -0.2) is 0 Å². The van der Waals surface area contributed by atoms with E-state index in [1.807, 2.05) is 18.3 Å². The van der Waals surface area contributed by atoms with Gasteiger partial charge in [-0.3, -0.25) is 4.98 Å². The molecule has 1 aromatic carbocycles. The zero-order valence-corrected chi connectivity index (χ0v) is 12.3. The van der Waals surface area contributed by atoms with E-state index in [0.717, 1.165) is 31.3 Å². The molecule has 0 saturated carbocycles. The number of pyridine rings is 1. The van der Waals surface area contributed by atoms with Crippen molar-refractivity contribution < 1.29 is 0 Å². The lowest BCUT2D eigenvalue weighted by molar-refractivity contribution is 0.488. The van der Waals surface area contributed by atoms with Crippen molar-refractivity contribution in [2.45, 2.75) is 38.6 Å². The highest BCUT2D eigenvalue weighted by Gasteiger charge is 2.13. The Morgan fingerprint density at radius 1 is 1.30 bits per heavy atom. The number of nitrogens with one attached hydrogen (secondary N) is 1. The average molecular weight is 268 g/mol. The Morgan fingerprint density at radius 3 is 2.95 bits per heavy atom. The second kappa shape index (κ2) is 7.81. The average Bonchev–Trinajstić information content (AvgIpc) is 2.50. The highest BCUT2D eigenvalue weighted by Crippen LogP contribution is 2.26. The second-order valence-electron chi connectivity index (χ2n) is 5.14. The molecular weight excluding hydrogens is 244 g/mol. The Labute approximate surface area is 121 Å². The van der Waals surface area contributed by atoms with Gasteiger partial charge in [0.25, 0.3) is 0 Å². The molecule has 2 nitrogen and oxygen atoms in total. The molecule has 1 heterocycles. The molecule has 0 spiro atoms. The van der Waals surface area contributed by atoms with Crippen LogP contribution in [0.25, 0.3) is 10.9 Å². The number of para-hydroxylation sites is 1. The van der Waals surface area contributed by atoms with Crippen LogP contribution in [-0.4, -0.2) is 11.5 Å². The number of hydrogen-bond acceptors (Lipinski definition) is 2. The maximum absolute atomic E-state index is 4.46. The predicted octanol–water partition coefficient (Wildman–Crippen LogP) is 4.63. The smallest absolute Gasteiger partial charge is 0.0705 e. The van der Waals surface area contributed by atoms with Crippen molar-refractivity contribution in [2.24, 2.45) is 0 Å². The van der Waals surface area contributed by atoms with Crippen LogP contribution in [0.1, 0.15) is 44.2 Å². The largest absolute Gasteiger partial charge is 0.310 e. The summed E-state index contributed by atoms with van der Waals surface area (Å²) in [6.45, 7) is 7.07. The van der Waals surface area contributed by atoms with Crippen molar-refractivity contribution in [1.29, 1.82) is 0 Å². The van der Waals surface area contributed by atoms with Crippen LogP contribution >= 0.6 is 0 Å². The number of fused-ring (bicyclic) bond motifs is 1. The van der Waals surface area contributed by atoms with Gasteiger partial charge >= 0.3 is 0 Å². The summed E-state index contributed by atoms with van der Waals surface area (Å²) >= 11 is 0. The molecule has 0 fully saturated rings. The van der Waals surface area contributed by atoms with Crippen molar-refractivity contribution in [2.75, 3.05) is 6.54 Å². The molecule has 0 amide bonds. The first-order valence-electron chi connectivity index (χ1n) is 7.54. The van der Waals surface area contributed by atoms with Gasteiger partial charge in [0.2, 0.25) is 0 Å². The maximum Gasteiger partial charge on any atom is 0.0705 e. The first-order chi connectivity index (χ1) is 9.86. The van der Waals surface area contributed by atoms with E-state index in [0.29, 0.717) is 6.04 Å². The van der Waals surface area contributed by atoms with Crippen LogP contribution in [0.5, 0.6) is 0 Å². The lowest BCUT2D eigenvalue weighted by atomic mass is 9.97. The quantitative estimate of drug-likeness (QED) is 0.557. The van der Waals surface area contributed by atoms with Crippen LogP contribution in [0.4, 0.5) is 0 Å². The molecule has 1 aromatic heterocycles. The van der Waals surface area contributed by atoms with Gasteiger partial charge in [0.15, 0.2) is 0 Å². The molecule has 1 atom stereocenters. The molecule has 106 valence electrons. The molecule has 0 aliphatic rings. The van der Waals surface area contributed by atoms with Gasteiger partial charge in [-0.2, -0.15) is 0 Å². The molecule has 20 heavy (non-hydrogen) atoms. The standard InChI is InChI=1S/C18H24N2/c1-3-5-6-10-18(19-13-4-2)16-12-14-20-17-11-8-7-9-15(16)17/h3,7-9,11-12,14,18-19H,1,4-6,10,13H2,2H3. The summed E-state index contributed by atoms with van der Waals surface area (Å²) in [5.41, 5.74) is 2.45. The Bertz CT molecular complexity index is 543. The van der Waals surface area contributed by atoms with Gasteiger partial charge < -0.3 is 5.32 Å². The zero-order chi connectivity index (χ0) is 14.2. The number of aromatic nitrogens is 1. The van der Waals surface area contributed by atoms with Crippen LogP contribution in [0, 0.1) is 0 Å². The van der Waals surface area contributed by atoms with E-state index >= 15 is 0 Å². The molecule has 2 aromatic rings. The number of nitrogens with zero attached hydrogens (tertiary/aromatic N) is 1.